The topological polar surface area (TPSA) is 51.0 Å². The maximum atomic E-state index is 13.2. The maximum absolute atomic E-state index is 13.2. The molecule has 3 aromatic heterocycles. The average molecular weight is 417 g/mol. The number of carbonyl (C=O) groups is 1. The minimum Gasteiger partial charge on any atom is -0.330 e. The first-order chi connectivity index (χ1) is 13.7. The van der Waals surface area contributed by atoms with Gasteiger partial charge in [0.05, 0.1) is 11.6 Å². The molecule has 148 valence electrons. The third kappa shape index (κ3) is 4.23. The predicted molar refractivity (Wildman–Crippen MR) is 114 cm³/mol. The Hall–Kier alpha value is -1.92. The van der Waals surface area contributed by atoms with Crippen molar-refractivity contribution >= 4 is 40.0 Å². The molecule has 0 atom stereocenters. The summed E-state index contributed by atoms with van der Waals surface area (Å²) >= 11 is 7.65. The van der Waals surface area contributed by atoms with Gasteiger partial charge in [-0.05, 0) is 48.8 Å². The van der Waals surface area contributed by atoms with Crippen molar-refractivity contribution in [2.75, 3.05) is 6.54 Å². The summed E-state index contributed by atoms with van der Waals surface area (Å²) in [5, 5.41) is 2.40. The number of thiophene rings is 1. The standard InChI is InChI=1S/C21H25ClN4OS/c1-2-3-4-11-25(21(27)19-16(22)9-12-28-19)14-18-24-17-6-5-10-23-20(17)26(18)13-15-7-8-15/h5-6,9-10,12,15H,2-4,7-8,11,13-14H2,1H3. The number of halogens is 1. The van der Waals surface area contributed by atoms with Crippen molar-refractivity contribution in [1.82, 2.24) is 19.4 Å². The van der Waals surface area contributed by atoms with Crippen LogP contribution in [-0.4, -0.2) is 31.9 Å². The second-order valence-corrected chi connectivity index (χ2v) is 8.78. The highest BCUT2D eigenvalue weighted by Gasteiger charge is 2.27. The van der Waals surface area contributed by atoms with Crippen LogP contribution in [0.4, 0.5) is 0 Å². The molecule has 4 rings (SSSR count). The molecule has 1 aliphatic rings. The molecule has 0 N–H and O–H groups in total. The Kier molecular flexibility index (Phi) is 5.97. The summed E-state index contributed by atoms with van der Waals surface area (Å²) in [7, 11) is 0. The summed E-state index contributed by atoms with van der Waals surface area (Å²) in [6.07, 6.45) is 7.53. The molecular weight excluding hydrogens is 392 g/mol. The zero-order valence-electron chi connectivity index (χ0n) is 16.1. The van der Waals surface area contributed by atoms with Crippen molar-refractivity contribution in [2.45, 2.75) is 52.1 Å². The van der Waals surface area contributed by atoms with E-state index in [0.717, 1.165) is 42.8 Å². The lowest BCUT2D eigenvalue weighted by atomic mass is 10.2. The minimum atomic E-state index is -0.00547. The molecule has 7 heteroatoms. The molecule has 3 heterocycles. The largest absolute Gasteiger partial charge is 0.330 e. The lowest BCUT2D eigenvalue weighted by Crippen LogP contribution is -2.32. The molecule has 28 heavy (non-hydrogen) atoms. The summed E-state index contributed by atoms with van der Waals surface area (Å²) in [4.78, 5) is 25.1. The smallest absolute Gasteiger partial charge is 0.265 e. The number of nitrogens with zero attached hydrogens (tertiary/aromatic N) is 4. The first kappa shape index (κ1) is 19.4. The summed E-state index contributed by atoms with van der Waals surface area (Å²) < 4.78 is 2.21. The molecular formula is C21H25ClN4OS. The Morgan fingerprint density at radius 1 is 1.36 bits per heavy atom. The number of hydrogen-bond acceptors (Lipinski definition) is 4. The van der Waals surface area contributed by atoms with Crippen LogP contribution in [0.1, 0.15) is 54.5 Å². The van der Waals surface area contributed by atoms with Gasteiger partial charge in [-0.2, -0.15) is 0 Å². The van der Waals surface area contributed by atoms with Crippen molar-refractivity contribution in [3.63, 3.8) is 0 Å². The molecule has 1 aliphatic carbocycles. The Morgan fingerprint density at radius 3 is 2.93 bits per heavy atom. The molecule has 3 aromatic rings. The SMILES string of the molecule is CCCCCN(Cc1nc2cccnc2n1CC1CC1)C(=O)c1sccc1Cl. The number of unbranched alkanes of at least 4 members (excludes halogenated alkanes) is 2. The molecule has 0 radical (unpaired) electrons. The predicted octanol–water partition coefficient (Wildman–Crippen LogP) is 5.39. The fraction of sp³-hybridized carbons (Fsp3) is 0.476. The fourth-order valence-electron chi connectivity index (χ4n) is 3.44. The van der Waals surface area contributed by atoms with Gasteiger partial charge >= 0.3 is 0 Å². The third-order valence-electron chi connectivity index (χ3n) is 5.18. The van der Waals surface area contributed by atoms with E-state index in [1.54, 1.807) is 6.07 Å². The molecule has 0 unspecified atom stereocenters. The van der Waals surface area contributed by atoms with Gasteiger partial charge < -0.3 is 9.47 Å². The highest BCUT2D eigenvalue weighted by Crippen LogP contribution is 2.32. The van der Waals surface area contributed by atoms with Crippen molar-refractivity contribution in [3.8, 4) is 0 Å². The zero-order valence-corrected chi connectivity index (χ0v) is 17.7. The number of pyridine rings is 1. The highest BCUT2D eigenvalue weighted by atomic mass is 35.5. The van der Waals surface area contributed by atoms with Crippen LogP contribution in [0.15, 0.2) is 29.8 Å². The second kappa shape index (κ2) is 8.62. The van der Waals surface area contributed by atoms with Gasteiger partial charge in [0.25, 0.3) is 5.91 Å². The van der Waals surface area contributed by atoms with Crippen molar-refractivity contribution in [1.29, 1.82) is 0 Å². The van der Waals surface area contributed by atoms with Crippen LogP contribution >= 0.6 is 22.9 Å². The number of rotatable bonds is 9. The van der Waals surface area contributed by atoms with Gasteiger partial charge in [0.15, 0.2) is 5.65 Å². The highest BCUT2D eigenvalue weighted by molar-refractivity contribution is 7.12. The third-order valence-corrected chi connectivity index (χ3v) is 6.51. The van der Waals surface area contributed by atoms with Crippen LogP contribution in [0, 0.1) is 5.92 Å². The fourth-order valence-corrected chi connectivity index (χ4v) is 4.55. The van der Waals surface area contributed by atoms with E-state index in [2.05, 4.69) is 16.5 Å². The molecule has 0 aliphatic heterocycles. The van der Waals surface area contributed by atoms with Crippen molar-refractivity contribution in [3.05, 3.63) is 45.5 Å². The first-order valence-electron chi connectivity index (χ1n) is 9.99. The Bertz CT molecular complexity index is 962. The average Bonchev–Trinajstić information content (AvgIpc) is 3.32. The van der Waals surface area contributed by atoms with E-state index in [4.69, 9.17) is 16.6 Å². The summed E-state index contributed by atoms with van der Waals surface area (Å²) in [6.45, 7) is 4.30. The number of amides is 1. The van der Waals surface area contributed by atoms with Gasteiger partial charge in [0, 0.05) is 19.3 Å². The van der Waals surface area contributed by atoms with Crippen LogP contribution in [0.3, 0.4) is 0 Å². The molecule has 0 saturated heterocycles. The monoisotopic (exact) mass is 416 g/mol. The number of imidazole rings is 1. The molecule has 1 saturated carbocycles. The van der Waals surface area contributed by atoms with Crippen LogP contribution < -0.4 is 0 Å². The molecule has 1 fully saturated rings. The van der Waals surface area contributed by atoms with Crippen LogP contribution in [0.2, 0.25) is 5.02 Å². The van der Waals surface area contributed by atoms with Gasteiger partial charge in [-0.3, -0.25) is 4.79 Å². The maximum Gasteiger partial charge on any atom is 0.265 e. The van der Waals surface area contributed by atoms with Crippen LogP contribution in [0.25, 0.3) is 11.2 Å². The van der Waals surface area contributed by atoms with Crippen LogP contribution in [0.5, 0.6) is 0 Å². The second-order valence-electron chi connectivity index (χ2n) is 7.46. The van der Waals surface area contributed by atoms with Gasteiger partial charge in [-0.25, -0.2) is 9.97 Å². The van der Waals surface area contributed by atoms with E-state index in [1.807, 2.05) is 28.6 Å². The number of carbonyl (C=O) groups excluding carboxylic acids is 1. The van der Waals surface area contributed by atoms with Crippen molar-refractivity contribution < 1.29 is 4.79 Å². The van der Waals surface area contributed by atoms with E-state index in [1.165, 1.54) is 24.2 Å². The van der Waals surface area contributed by atoms with Gasteiger partial charge in [-0.1, -0.05) is 31.4 Å². The zero-order chi connectivity index (χ0) is 19.5. The van der Waals surface area contributed by atoms with E-state index in [0.29, 0.717) is 28.9 Å². The molecule has 0 spiro atoms. The molecule has 0 bridgehead atoms. The normalized spacial score (nSPS) is 13.9. The summed E-state index contributed by atoms with van der Waals surface area (Å²) in [5.74, 6) is 1.61. The number of aromatic nitrogens is 3. The number of fused-ring (bicyclic) bond motifs is 1. The van der Waals surface area contributed by atoms with Crippen LogP contribution in [-0.2, 0) is 13.1 Å². The molecule has 1 amide bonds. The Morgan fingerprint density at radius 2 is 2.21 bits per heavy atom. The van der Waals surface area contributed by atoms with Gasteiger partial charge in [0.1, 0.15) is 16.2 Å². The van der Waals surface area contributed by atoms with E-state index < -0.39 is 0 Å². The Balaban J connectivity index is 1.63. The van der Waals surface area contributed by atoms with Crippen molar-refractivity contribution in [2.24, 2.45) is 5.92 Å². The lowest BCUT2D eigenvalue weighted by Gasteiger charge is -2.22. The first-order valence-corrected chi connectivity index (χ1v) is 11.3. The van der Waals surface area contributed by atoms with E-state index in [-0.39, 0.29) is 5.91 Å². The Labute approximate surface area is 174 Å². The minimum absolute atomic E-state index is 0.00547. The van der Waals surface area contributed by atoms with Gasteiger partial charge in [0.2, 0.25) is 0 Å². The van der Waals surface area contributed by atoms with E-state index >= 15 is 0 Å². The molecule has 0 aromatic carbocycles. The van der Waals surface area contributed by atoms with E-state index in [9.17, 15) is 4.79 Å². The molecule has 5 nitrogen and oxygen atoms in total. The quantitative estimate of drug-likeness (QED) is 0.439. The summed E-state index contributed by atoms with van der Waals surface area (Å²) in [5.41, 5.74) is 1.81. The number of hydrogen-bond donors (Lipinski definition) is 0. The summed E-state index contributed by atoms with van der Waals surface area (Å²) in [6, 6.07) is 5.70. The van der Waals surface area contributed by atoms with Gasteiger partial charge in [-0.15, -0.1) is 11.3 Å². The lowest BCUT2D eigenvalue weighted by molar-refractivity contribution is 0.0739.